The van der Waals surface area contributed by atoms with Crippen molar-refractivity contribution in [1.29, 1.82) is 5.41 Å². The van der Waals surface area contributed by atoms with E-state index in [1.807, 2.05) is 23.9 Å². The molecule has 0 aromatic carbocycles. The predicted octanol–water partition coefficient (Wildman–Crippen LogP) is 2.40. The fourth-order valence-electron chi connectivity index (χ4n) is 1.15. The number of rotatable bonds is 6. The number of thioether (sulfide) groups is 1. The molecule has 0 unspecified atom stereocenters. The molecule has 4 heteroatoms. The monoisotopic (exact) mass is 223 g/mol. The molecule has 15 heavy (non-hydrogen) atoms. The highest BCUT2D eigenvalue weighted by molar-refractivity contribution is 7.98. The van der Waals surface area contributed by atoms with Crippen molar-refractivity contribution in [2.75, 3.05) is 5.75 Å². The average molecular weight is 223 g/mol. The van der Waals surface area contributed by atoms with Gasteiger partial charge in [-0.1, -0.05) is 13.3 Å². The van der Waals surface area contributed by atoms with Gasteiger partial charge >= 0.3 is 0 Å². The Morgan fingerprint density at radius 2 is 2.40 bits per heavy atom. The summed E-state index contributed by atoms with van der Waals surface area (Å²) in [4.78, 5) is 4.02. The number of unbranched alkanes of at least 4 members (excludes halogenated alkanes) is 1. The summed E-state index contributed by atoms with van der Waals surface area (Å²) in [7, 11) is 0. The molecule has 0 fully saturated rings. The fourth-order valence-corrected chi connectivity index (χ4v) is 2.20. The van der Waals surface area contributed by atoms with Crippen LogP contribution in [0.3, 0.4) is 0 Å². The minimum absolute atomic E-state index is 0.0374. The number of amidine groups is 1. The van der Waals surface area contributed by atoms with Gasteiger partial charge in [-0.15, -0.1) is 0 Å². The van der Waals surface area contributed by atoms with E-state index >= 15 is 0 Å². The highest BCUT2D eigenvalue weighted by Crippen LogP contribution is 2.13. The van der Waals surface area contributed by atoms with Gasteiger partial charge < -0.3 is 5.73 Å². The molecule has 0 radical (unpaired) electrons. The van der Waals surface area contributed by atoms with Crippen molar-refractivity contribution in [3.8, 4) is 0 Å². The van der Waals surface area contributed by atoms with Gasteiger partial charge in [-0.3, -0.25) is 10.4 Å². The molecule has 1 heterocycles. The molecule has 0 saturated heterocycles. The van der Waals surface area contributed by atoms with Crippen LogP contribution in [0.25, 0.3) is 0 Å². The number of nitrogens with zero attached hydrogens (tertiary/aromatic N) is 1. The SMILES string of the molecule is CCCCSCc1ccnc(C(=N)N)c1. The molecule has 0 saturated carbocycles. The summed E-state index contributed by atoms with van der Waals surface area (Å²) in [5, 5.41) is 7.28. The molecule has 0 atom stereocenters. The summed E-state index contributed by atoms with van der Waals surface area (Å²) in [6.45, 7) is 2.20. The third-order valence-electron chi connectivity index (χ3n) is 2.01. The zero-order valence-electron chi connectivity index (χ0n) is 8.99. The summed E-state index contributed by atoms with van der Waals surface area (Å²) in [5.74, 6) is 2.20. The largest absolute Gasteiger partial charge is 0.382 e. The van der Waals surface area contributed by atoms with Crippen LogP contribution in [-0.4, -0.2) is 16.6 Å². The topological polar surface area (TPSA) is 62.8 Å². The second-order valence-electron chi connectivity index (χ2n) is 3.37. The Labute approximate surface area is 95.0 Å². The number of hydrogen-bond acceptors (Lipinski definition) is 3. The van der Waals surface area contributed by atoms with Crippen molar-refractivity contribution in [2.45, 2.75) is 25.5 Å². The maximum Gasteiger partial charge on any atom is 0.141 e. The van der Waals surface area contributed by atoms with E-state index in [0.29, 0.717) is 5.69 Å². The second-order valence-corrected chi connectivity index (χ2v) is 4.47. The van der Waals surface area contributed by atoms with E-state index < -0.39 is 0 Å². The van der Waals surface area contributed by atoms with Crippen LogP contribution in [0.5, 0.6) is 0 Å². The number of nitrogen functional groups attached to an aromatic ring is 1. The van der Waals surface area contributed by atoms with Crippen LogP contribution in [0.15, 0.2) is 18.3 Å². The highest BCUT2D eigenvalue weighted by Gasteiger charge is 1.99. The zero-order valence-corrected chi connectivity index (χ0v) is 9.81. The summed E-state index contributed by atoms with van der Waals surface area (Å²) in [6.07, 6.45) is 4.21. The molecule has 0 spiro atoms. The van der Waals surface area contributed by atoms with Crippen molar-refractivity contribution in [3.63, 3.8) is 0 Å². The van der Waals surface area contributed by atoms with E-state index in [4.69, 9.17) is 11.1 Å². The van der Waals surface area contributed by atoms with Crippen molar-refractivity contribution in [1.82, 2.24) is 4.98 Å². The van der Waals surface area contributed by atoms with Crippen molar-refractivity contribution < 1.29 is 0 Å². The summed E-state index contributed by atoms with van der Waals surface area (Å²) in [5.41, 5.74) is 7.14. The molecule has 0 aliphatic carbocycles. The lowest BCUT2D eigenvalue weighted by molar-refractivity contribution is 0.896. The Balaban J connectivity index is 2.47. The molecule has 0 amide bonds. The lowest BCUT2D eigenvalue weighted by atomic mass is 10.2. The number of hydrogen-bond donors (Lipinski definition) is 2. The standard InChI is InChI=1S/C11H17N3S/c1-2-3-6-15-8-9-4-5-14-10(7-9)11(12)13/h4-5,7H,2-3,6,8H2,1H3,(H3,12,13). The van der Waals surface area contributed by atoms with Crippen LogP contribution in [0.2, 0.25) is 0 Å². The first-order valence-electron chi connectivity index (χ1n) is 5.11. The highest BCUT2D eigenvalue weighted by atomic mass is 32.2. The fraction of sp³-hybridized carbons (Fsp3) is 0.455. The lowest BCUT2D eigenvalue weighted by Crippen LogP contribution is -2.13. The van der Waals surface area contributed by atoms with Gasteiger partial charge in [0.15, 0.2) is 0 Å². The lowest BCUT2D eigenvalue weighted by Gasteiger charge is -2.03. The Bertz CT molecular complexity index is 325. The Hall–Kier alpha value is -1.03. The van der Waals surface area contributed by atoms with Gasteiger partial charge in [0.2, 0.25) is 0 Å². The second kappa shape index (κ2) is 6.45. The first kappa shape index (κ1) is 12.0. The van der Waals surface area contributed by atoms with Gasteiger partial charge in [-0.25, -0.2) is 0 Å². The van der Waals surface area contributed by atoms with E-state index in [9.17, 15) is 0 Å². The Morgan fingerprint density at radius 1 is 1.60 bits per heavy atom. The molecule has 3 N–H and O–H groups in total. The molecule has 0 bridgehead atoms. The van der Waals surface area contributed by atoms with Gasteiger partial charge in [0, 0.05) is 11.9 Å². The van der Waals surface area contributed by atoms with Crippen LogP contribution in [0.1, 0.15) is 31.0 Å². The van der Waals surface area contributed by atoms with Gasteiger partial charge in [0.05, 0.1) is 0 Å². The molecule has 1 aromatic heterocycles. The first-order valence-corrected chi connectivity index (χ1v) is 6.26. The van der Waals surface area contributed by atoms with Crippen molar-refractivity contribution in [3.05, 3.63) is 29.6 Å². The molecule has 82 valence electrons. The quantitative estimate of drug-likeness (QED) is 0.442. The number of nitrogens with two attached hydrogens (primary N) is 1. The number of nitrogens with one attached hydrogen (secondary N) is 1. The molecule has 0 aliphatic heterocycles. The molecule has 1 rings (SSSR count). The van der Waals surface area contributed by atoms with Crippen molar-refractivity contribution in [2.24, 2.45) is 5.73 Å². The van der Waals surface area contributed by atoms with E-state index in [1.165, 1.54) is 24.2 Å². The minimum atomic E-state index is 0.0374. The Morgan fingerprint density at radius 3 is 3.07 bits per heavy atom. The average Bonchev–Trinajstić information content (AvgIpc) is 2.25. The molecular formula is C11H17N3S. The van der Waals surface area contributed by atoms with E-state index in [-0.39, 0.29) is 5.84 Å². The van der Waals surface area contributed by atoms with Crippen LogP contribution in [0.4, 0.5) is 0 Å². The van der Waals surface area contributed by atoms with Crippen LogP contribution < -0.4 is 5.73 Å². The van der Waals surface area contributed by atoms with Crippen LogP contribution in [0, 0.1) is 5.41 Å². The van der Waals surface area contributed by atoms with E-state index in [0.717, 1.165) is 5.75 Å². The molecule has 1 aromatic rings. The van der Waals surface area contributed by atoms with Gasteiger partial charge in [0.1, 0.15) is 11.5 Å². The third-order valence-corrected chi connectivity index (χ3v) is 3.13. The van der Waals surface area contributed by atoms with Crippen molar-refractivity contribution >= 4 is 17.6 Å². The van der Waals surface area contributed by atoms with Crippen LogP contribution >= 0.6 is 11.8 Å². The third kappa shape index (κ3) is 4.34. The molecular weight excluding hydrogens is 206 g/mol. The van der Waals surface area contributed by atoms with Gasteiger partial charge in [0.25, 0.3) is 0 Å². The number of aromatic nitrogens is 1. The molecule has 0 aliphatic rings. The maximum absolute atomic E-state index is 7.28. The van der Waals surface area contributed by atoms with E-state index in [1.54, 1.807) is 6.20 Å². The summed E-state index contributed by atoms with van der Waals surface area (Å²) >= 11 is 1.91. The summed E-state index contributed by atoms with van der Waals surface area (Å²) in [6, 6.07) is 3.87. The molecule has 3 nitrogen and oxygen atoms in total. The number of pyridine rings is 1. The van der Waals surface area contributed by atoms with Crippen LogP contribution in [-0.2, 0) is 5.75 Å². The van der Waals surface area contributed by atoms with E-state index in [2.05, 4.69) is 11.9 Å². The smallest absolute Gasteiger partial charge is 0.141 e. The minimum Gasteiger partial charge on any atom is -0.382 e. The normalized spacial score (nSPS) is 10.2. The van der Waals surface area contributed by atoms with Gasteiger partial charge in [-0.05, 0) is 29.9 Å². The zero-order chi connectivity index (χ0) is 11.1. The summed E-state index contributed by atoms with van der Waals surface area (Å²) < 4.78 is 0. The maximum atomic E-state index is 7.28. The van der Waals surface area contributed by atoms with Gasteiger partial charge in [-0.2, -0.15) is 11.8 Å². The first-order chi connectivity index (χ1) is 7.24. The Kier molecular flexibility index (Phi) is 5.18. The predicted molar refractivity (Wildman–Crippen MR) is 66.3 cm³/mol.